The number of nitrogens with zero attached hydrogens (tertiary/aromatic N) is 1. The lowest BCUT2D eigenvalue weighted by Gasteiger charge is -2.29. The number of likely N-dealkylation sites (tertiary alicyclic amines) is 1. The van der Waals surface area contributed by atoms with E-state index in [2.05, 4.69) is 34.5 Å². The van der Waals surface area contributed by atoms with Gasteiger partial charge in [0.25, 0.3) is 0 Å². The van der Waals surface area contributed by atoms with Crippen molar-refractivity contribution in [2.45, 2.75) is 31.9 Å². The van der Waals surface area contributed by atoms with Crippen LogP contribution in [0, 0.1) is 0 Å². The number of fused-ring (bicyclic) bond motifs is 1. The lowest BCUT2D eigenvalue weighted by Crippen LogP contribution is -2.43. The molecule has 23 heavy (non-hydrogen) atoms. The molecule has 1 fully saturated rings. The highest BCUT2D eigenvalue weighted by Gasteiger charge is 2.20. The van der Waals surface area contributed by atoms with Gasteiger partial charge in [0.05, 0.1) is 18.7 Å². The molecule has 2 N–H and O–H groups in total. The fourth-order valence-electron chi connectivity index (χ4n) is 3.27. The lowest BCUT2D eigenvalue weighted by molar-refractivity contribution is -0.123. The number of hydrogen-bond acceptors (Lipinski definition) is 3. The summed E-state index contributed by atoms with van der Waals surface area (Å²) in [6.07, 6.45) is 1.31. The number of nitrogens with one attached hydrogen (secondary N) is 1. The first-order chi connectivity index (χ1) is 11.1. The van der Waals surface area contributed by atoms with Crippen molar-refractivity contribution in [3.05, 3.63) is 48.0 Å². The highest BCUT2D eigenvalue weighted by atomic mass is 16.3. The van der Waals surface area contributed by atoms with Crippen LogP contribution in [0.5, 0.6) is 0 Å². The van der Waals surface area contributed by atoms with Crippen molar-refractivity contribution in [3.63, 3.8) is 0 Å². The van der Waals surface area contributed by atoms with Gasteiger partial charge in [-0.3, -0.25) is 9.69 Å². The van der Waals surface area contributed by atoms with E-state index in [4.69, 9.17) is 0 Å². The smallest absolute Gasteiger partial charge is 0.234 e. The monoisotopic (exact) mass is 312 g/mol. The molecule has 1 amide bonds. The van der Waals surface area contributed by atoms with Crippen molar-refractivity contribution >= 4 is 16.7 Å². The van der Waals surface area contributed by atoms with Crippen molar-refractivity contribution in [1.29, 1.82) is 0 Å². The summed E-state index contributed by atoms with van der Waals surface area (Å²) in [5.41, 5.74) is 1.14. The summed E-state index contributed by atoms with van der Waals surface area (Å²) in [5.74, 6) is 0.0434. The number of piperidine rings is 1. The number of aliphatic hydroxyl groups excluding tert-OH is 1. The molecule has 0 aromatic heterocycles. The maximum Gasteiger partial charge on any atom is 0.234 e. The average molecular weight is 312 g/mol. The molecular weight excluding hydrogens is 288 g/mol. The zero-order chi connectivity index (χ0) is 16.2. The van der Waals surface area contributed by atoms with E-state index in [1.807, 2.05) is 25.1 Å². The molecule has 4 heteroatoms. The quantitative estimate of drug-likeness (QED) is 0.912. The van der Waals surface area contributed by atoms with E-state index < -0.39 is 0 Å². The second-order valence-corrected chi connectivity index (χ2v) is 6.36. The summed E-state index contributed by atoms with van der Waals surface area (Å²) in [7, 11) is 0. The Labute approximate surface area is 137 Å². The Morgan fingerprint density at radius 3 is 2.70 bits per heavy atom. The van der Waals surface area contributed by atoms with Gasteiger partial charge in [0.15, 0.2) is 0 Å². The van der Waals surface area contributed by atoms with Gasteiger partial charge in [-0.05, 0) is 36.1 Å². The Bertz CT molecular complexity index is 673. The number of carbonyl (C=O) groups is 1. The molecule has 4 nitrogen and oxygen atoms in total. The number of aliphatic hydroxyl groups is 1. The van der Waals surface area contributed by atoms with Crippen LogP contribution in [0.15, 0.2) is 42.5 Å². The van der Waals surface area contributed by atoms with Crippen LogP contribution in [0.3, 0.4) is 0 Å². The summed E-state index contributed by atoms with van der Waals surface area (Å²) in [6, 6.07) is 14.4. The number of amides is 1. The van der Waals surface area contributed by atoms with Gasteiger partial charge in [-0.2, -0.15) is 0 Å². The van der Waals surface area contributed by atoms with E-state index in [0.717, 1.165) is 31.5 Å². The molecule has 1 atom stereocenters. The van der Waals surface area contributed by atoms with Crippen LogP contribution in [-0.2, 0) is 4.79 Å². The summed E-state index contributed by atoms with van der Waals surface area (Å²) in [6.45, 7) is 4.01. The minimum Gasteiger partial charge on any atom is -0.393 e. The third-order valence-corrected chi connectivity index (χ3v) is 4.59. The topological polar surface area (TPSA) is 52.6 Å². The Morgan fingerprint density at radius 2 is 1.91 bits per heavy atom. The van der Waals surface area contributed by atoms with Gasteiger partial charge in [0.1, 0.15) is 0 Å². The maximum atomic E-state index is 12.3. The van der Waals surface area contributed by atoms with Gasteiger partial charge in [0.2, 0.25) is 5.91 Å². The van der Waals surface area contributed by atoms with E-state index in [1.54, 1.807) is 0 Å². The van der Waals surface area contributed by atoms with Crippen LogP contribution in [-0.4, -0.2) is 41.7 Å². The molecule has 0 saturated carbocycles. The molecule has 122 valence electrons. The fraction of sp³-hybridized carbons (Fsp3) is 0.421. The van der Waals surface area contributed by atoms with Crippen LogP contribution in [0.1, 0.15) is 31.4 Å². The minimum atomic E-state index is -0.205. The van der Waals surface area contributed by atoms with Gasteiger partial charge in [-0.1, -0.05) is 42.5 Å². The zero-order valence-electron chi connectivity index (χ0n) is 13.5. The number of carbonyl (C=O) groups excluding carboxylic acids is 1. The molecule has 1 aliphatic rings. The molecule has 2 aromatic rings. The molecule has 1 aliphatic heterocycles. The first kappa shape index (κ1) is 16.0. The van der Waals surface area contributed by atoms with E-state index >= 15 is 0 Å². The van der Waals surface area contributed by atoms with Gasteiger partial charge in [-0.15, -0.1) is 0 Å². The van der Waals surface area contributed by atoms with Crippen LogP contribution in [0.25, 0.3) is 10.8 Å². The van der Waals surface area contributed by atoms with Gasteiger partial charge >= 0.3 is 0 Å². The minimum absolute atomic E-state index is 0.0241. The molecule has 0 bridgehead atoms. The summed E-state index contributed by atoms with van der Waals surface area (Å²) in [5, 5.41) is 15.0. The first-order valence-corrected chi connectivity index (χ1v) is 8.31. The van der Waals surface area contributed by atoms with Crippen molar-refractivity contribution in [1.82, 2.24) is 10.2 Å². The Kier molecular flexibility index (Phi) is 4.94. The highest BCUT2D eigenvalue weighted by Crippen LogP contribution is 2.24. The van der Waals surface area contributed by atoms with E-state index in [9.17, 15) is 9.90 Å². The van der Waals surface area contributed by atoms with E-state index in [1.165, 1.54) is 10.8 Å². The van der Waals surface area contributed by atoms with Gasteiger partial charge in [0, 0.05) is 13.1 Å². The van der Waals surface area contributed by atoms with Crippen molar-refractivity contribution in [3.8, 4) is 0 Å². The predicted molar refractivity (Wildman–Crippen MR) is 92.2 cm³/mol. The van der Waals surface area contributed by atoms with Crippen molar-refractivity contribution in [2.24, 2.45) is 0 Å². The standard InChI is InChI=1S/C19H24N2O2/c1-14(17-8-4-6-15-5-2-3-7-18(15)17)20-19(23)13-21-11-9-16(22)10-12-21/h2-8,14,16,22H,9-13H2,1H3,(H,20,23)/t14-/m0/s1. The SMILES string of the molecule is C[C@H](NC(=O)CN1CCC(O)CC1)c1cccc2ccccc12. The van der Waals surface area contributed by atoms with Crippen LogP contribution >= 0.6 is 0 Å². The summed E-state index contributed by atoms with van der Waals surface area (Å²) >= 11 is 0. The maximum absolute atomic E-state index is 12.3. The predicted octanol–water partition coefficient (Wildman–Crippen LogP) is 2.47. The van der Waals surface area contributed by atoms with E-state index in [-0.39, 0.29) is 18.1 Å². The molecule has 0 aliphatic carbocycles. The van der Waals surface area contributed by atoms with Crippen molar-refractivity contribution < 1.29 is 9.90 Å². The first-order valence-electron chi connectivity index (χ1n) is 8.31. The van der Waals surface area contributed by atoms with Gasteiger partial charge < -0.3 is 10.4 Å². The Hall–Kier alpha value is -1.91. The Morgan fingerprint density at radius 1 is 1.22 bits per heavy atom. The second-order valence-electron chi connectivity index (χ2n) is 6.36. The second kappa shape index (κ2) is 7.11. The Balaban J connectivity index is 1.64. The molecule has 1 saturated heterocycles. The number of benzene rings is 2. The van der Waals surface area contributed by atoms with Crippen molar-refractivity contribution in [2.75, 3.05) is 19.6 Å². The van der Waals surface area contributed by atoms with Crippen LogP contribution in [0.4, 0.5) is 0 Å². The van der Waals surface area contributed by atoms with Crippen LogP contribution in [0.2, 0.25) is 0 Å². The largest absolute Gasteiger partial charge is 0.393 e. The molecular formula is C19H24N2O2. The molecule has 0 unspecified atom stereocenters. The third-order valence-electron chi connectivity index (χ3n) is 4.59. The molecule has 0 radical (unpaired) electrons. The molecule has 0 spiro atoms. The number of rotatable bonds is 4. The zero-order valence-corrected chi connectivity index (χ0v) is 13.5. The van der Waals surface area contributed by atoms with E-state index in [0.29, 0.717) is 6.54 Å². The third kappa shape index (κ3) is 3.89. The van der Waals surface area contributed by atoms with Crippen LogP contribution < -0.4 is 5.32 Å². The normalized spacial score (nSPS) is 18.0. The summed E-state index contributed by atoms with van der Waals surface area (Å²) in [4.78, 5) is 14.4. The average Bonchev–Trinajstić information content (AvgIpc) is 2.56. The van der Waals surface area contributed by atoms with Gasteiger partial charge in [-0.25, -0.2) is 0 Å². The molecule has 2 aromatic carbocycles. The number of hydrogen-bond donors (Lipinski definition) is 2. The molecule has 1 heterocycles. The highest BCUT2D eigenvalue weighted by molar-refractivity contribution is 5.87. The molecule has 3 rings (SSSR count). The summed E-state index contributed by atoms with van der Waals surface area (Å²) < 4.78 is 0. The lowest BCUT2D eigenvalue weighted by atomic mass is 9.99. The fourth-order valence-corrected chi connectivity index (χ4v) is 3.27.